The molecule has 0 saturated carbocycles. The predicted molar refractivity (Wildman–Crippen MR) is 160 cm³/mol. The maximum atomic E-state index is 8.57. The van der Waals surface area contributed by atoms with Gasteiger partial charge in [-0.15, -0.1) is 0 Å². The van der Waals surface area contributed by atoms with Crippen molar-refractivity contribution < 1.29 is 71.4 Å². The topological polar surface area (TPSA) is 149 Å². The van der Waals surface area contributed by atoms with Crippen molar-refractivity contribution in [3.8, 4) is 0 Å². The van der Waals surface area contributed by atoms with Gasteiger partial charge in [-0.25, -0.2) is 0 Å². The normalized spacial score (nSPS) is 11.6. The molecule has 1 N–H and O–H groups in total. The number of methoxy groups -OCH3 is 1. The van der Waals surface area contributed by atoms with Gasteiger partial charge in [0.1, 0.15) is 0 Å². The molecule has 0 aliphatic rings. The highest BCUT2D eigenvalue weighted by atomic mass is 16.6. The van der Waals surface area contributed by atoms with Crippen LogP contribution >= 0.6 is 0 Å². The van der Waals surface area contributed by atoms with E-state index in [9.17, 15) is 0 Å². The lowest BCUT2D eigenvalue weighted by atomic mass is 10.6. The fourth-order valence-corrected chi connectivity index (χ4v) is 2.95. The molecule has 0 heterocycles. The highest BCUT2D eigenvalue weighted by Gasteiger charge is 1.97. The first-order valence-electron chi connectivity index (χ1n) is 15.5. The van der Waals surface area contributed by atoms with Gasteiger partial charge in [0.2, 0.25) is 0 Å². The highest BCUT2D eigenvalue weighted by Crippen LogP contribution is 1.87. The van der Waals surface area contributed by atoms with Crippen LogP contribution in [0, 0.1) is 0 Å². The molecule has 0 aromatic heterocycles. The van der Waals surface area contributed by atoms with E-state index in [0.29, 0.717) is 178 Å². The van der Waals surface area contributed by atoms with E-state index in [2.05, 4.69) is 0 Å². The summed E-state index contributed by atoms with van der Waals surface area (Å²) in [6, 6.07) is 0. The van der Waals surface area contributed by atoms with Gasteiger partial charge in [0.05, 0.1) is 185 Å². The van der Waals surface area contributed by atoms with Crippen LogP contribution in [0.1, 0.15) is 0 Å². The van der Waals surface area contributed by atoms with Crippen LogP contribution in [0.4, 0.5) is 0 Å². The van der Waals surface area contributed by atoms with Crippen LogP contribution in [0.25, 0.3) is 0 Å². The van der Waals surface area contributed by atoms with Crippen molar-refractivity contribution in [2.75, 3.05) is 192 Å². The van der Waals surface area contributed by atoms with Gasteiger partial charge in [-0.1, -0.05) is 0 Å². The van der Waals surface area contributed by atoms with Crippen molar-refractivity contribution in [3.05, 3.63) is 0 Å². The zero-order valence-electron chi connectivity index (χ0n) is 27.0. The van der Waals surface area contributed by atoms with Crippen molar-refractivity contribution >= 4 is 0 Å². The molecule has 0 spiro atoms. The first kappa shape index (κ1) is 43.4. The van der Waals surface area contributed by atoms with Crippen LogP contribution in [0.15, 0.2) is 0 Å². The molecule has 15 nitrogen and oxygen atoms in total. The number of aliphatic hydroxyl groups excluding tert-OH is 1. The van der Waals surface area contributed by atoms with E-state index in [1.807, 2.05) is 0 Å². The first-order valence-corrected chi connectivity index (χ1v) is 15.5. The predicted octanol–water partition coefficient (Wildman–Crippen LogP) is -0.159. The quantitative estimate of drug-likeness (QED) is 0.0875. The van der Waals surface area contributed by atoms with Gasteiger partial charge in [0, 0.05) is 7.11 Å². The summed E-state index contributed by atoms with van der Waals surface area (Å²) in [7, 11) is 1.64. The van der Waals surface area contributed by atoms with E-state index >= 15 is 0 Å². The Hall–Kier alpha value is -0.600. The molecule has 0 atom stereocenters. The average molecular weight is 649 g/mol. The number of aliphatic hydroxyl groups is 1. The van der Waals surface area contributed by atoms with Crippen molar-refractivity contribution in [2.24, 2.45) is 0 Å². The average Bonchev–Trinajstić information content (AvgIpc) is 3.04. The molecule has 44 heavy (non-hydrogen) atoms. The van der Waals surface area contributed by atoms with Gasteiger partial charge >= 0.3 is 0 Å². The Bertz CT molecular complexity index is 452. The maximum Gasteiger partial charge on any atom is 0.0701 e. The molecule has 0 aliphatic heterocycles. The van der Waals surface area contributed by atoms with E-state index in [1.165, 1.54) is 0 Å². The fourth-order valence-electron chi connectivity index (χ4n) is 2.95. The Morgan fingerprint density at radius 1 is 0.227 bits per heavy atom. The summed E-state index contributed by atoms with van der Waals surface area (Å²) in [4.78, 5) is 0. The second kappa shape index (κ2) is 42.4. The lowest BCUT2D eigenvalue weighted by Gasteiger charge is -2.09. The second-order valence-corrected chi connectivity index (χ2v) is 8.68. The zero-order chi connectivity index (χ0) is 31.7. The Labute approximate surface area is 263 Å². The standard InChI is InChI=1S/C29H60O15/c1-31-4-5-33-8-9-35-12-13-37-16-17-39-20-21-41-24-25-43-28-29-44-27-26-42-23-22-40-19-18-38-15-14-36-11-10-34-7-6-32-3-2-30/h30H,2-29H2,1H3. The van der Waals surface area contributed by atoms with Crippen LogP contribution in [-0.2, 0) is 66.3 Å². The minimum atomic E-state index is 0.0245. The molecule has 0 aromatic rings. The summed E-state index contributed by atoms with van der Waals surface area (Å²) in [5.41, 5.74) is 0. The molecule has 15 heteroatoms. The lowest BCUT2D eigenvalue weighted by molar-refractivity contribution is -0.0295. The van der Waals surface area contributed by atoms with Gasteiger partial charge in [-0.05, 0) is 0 Å². The summed E-state index contributed by atoms with van der Waals surface area (Å²) >= 11 is 0. The highest BCUT2D eigenvalue weighted by molar-refractivity contribution is 4.39. The zero-order valence-corrected chi connectivity index (χ0v) is 27.0. The minimum Gasteiger partial charge on any atom is -0.394 e. The van der Waals surface area contributed by atoms with E-state index in [0.717, 1.165) is 0 Å². The van der Waals surface area contributed by atoms with Gasteiger partial charge in [0.15, 0.2) is 0 Å². The van der Waals surface area contributed by atoms with Gasteiger partial charge in [-0.3, -0.25) is 0 Å². The van der Waals surface area contributed by atoms with Gasteiger partial charge in [0.25, 0.3) is 0 Å². The molecule has 0 radical (unpaired) electrons. The molecule has 0 rings (SSSR count). The lowest BCUT2D eigenvalue weighted by Crippen LogP contribution is -2.15. The first-order chi connectivity index (χ1) is 21.9. The summed E-state index contributed by atoms with van der Waals surface area (Å²) in [6.45, 7) is 13.8. The van der Waals surface area contributed by atoms with Crippen LogP contribution in [0.2, 0.25) is 0 Å². The van der Waals surface area contributed by atoms with E-state index in [-0.39, 0.29) is 6.61 Å². The molecule has 0 aliphatic carbocycles. The van der Waals surface area contributed by atoms with Crippen LogP contribution in [0.5, 0.6) is 0 Å². The SMILES string of the molecule is COCCOCCOCCOCCOCCOCCOCCOCCOCCOCCOCCOCCOCCOCCO. The molecule has 0 bridgehead atoms. The summed E-state index contributed by atoms with van der Waals surface area (Å²) in [5.74, 6) is 0. The number of hydrogen-bond donors (Lipinski definition) is 1. The summed E-state index contributed by atoms with van der Waals surface area (Å²) in [6.07, 6.45) is 0. The van der Waals surface area contributed by atoms with Crippen molar-refractivity contribution in [3.63, 3.8) is 0 Å². The smallest absolute Gasteiger partial charge is 0.0701 e. The van der Waals surface area contributed by atoms with Crippen molar-refractivity contribution in [2.45, 2.75) is 0 Å². The Morgan fingerprint density at radius 2 is 0.364 bits per heavy atom. The van der Waals surface area contributed by atoms with Gasteiger partial charge < -0.3 is 71.4 Å². The third-order valence-corrected chi connectivity index (χ3v) is 5.13. The van der Waals surface area contributed by atoms with Crippen molar-refractivity contribution in [1.82, 2.24) is 0 Å². The summed E-state index contributed by atoms with van der Waals surface area (Å²) < 4.78 is 75.0. The van der Waals surface area contributed by atoms with E-state index in [4.69, 9.17) is 71.4 Å². The Kier molecular flexibility index (Phi) is 41.8. The Morgan fingerprint density at radius 3 is 0.500 bits per heavy atom. The maximum absolute atomic E-state index is 8.57. The minimum absolute atomic E-state index is 0.0245. The largest absolute Gasteiger partial charge is 0.394 e. The van der Waals surface area contributed by atoms with E-state index < -0.39 is 0 Å². The number of rotatable bonds is 41. The number of ether oxygens (including phenoxy) is 14. The Balaban J connectivity index is 3.03. The molecular formula is C29H60O15. The summed E-state index contributed by atoms with van der Waals surface area (Å²) in [5, 5.41) is 8.57. The molecular weight excluding hydrogens is 588 g/mol. The molecule has 0 saturated heterocycles. The van der Waals surface area contributed by atoms with Crippen LogP contribution in [-0.4, -0.2) is 197 Å². The molecule has 0 amide bonds. The third kappa shape index (κ3) is 41.4. The molecule has 0 aromatic carbocycles. The molecule has 0 unspecified atom stereocenters. The van der Waals surface area contributed by atoms with Crippen LogP contribution in [0.3, 0.4) is 0 Å². The second-order valence-electron chi connectivity index (χ2n) is 8.68. The van der Waals surface area contributed by atoms with Crippen molar-refractivity contribution in [1.29, 1.82) is 0 Å². The third-order valence-electron chi connectivity index (χ3n) is 5.13. The van der Waals surface area contributed by atoms with Gasteiger partial charge in [-0.2, -0.15) is 0 Å². The molecule has 0 fully saturated rings. The monoisotopic (exact) mass is 648 g/mol. The van der Waals surface area contributed by atoms with Crippen LogP contribution < -0.4 is 0 Å². The van der Waals surface area contributed by atoms with E-state index in [1.54, 1.807) is 7.11 Å². The molecule has 266 valence electrons. The fraction of sp³-hybridized carbons (Fsp3) is 1.00. The number of hydrogen-bond acceptors (Lipinski definition) is 15.